The molecule has 0 unspecified atom stereocenters. The predicted octanol–water partition coefficient (Wildman–Crippen LogP) is 3.72. The minimum Gasteiger partial charge on any atom is -0.357 e. The van der Waals surface area contributed by atoms with E-state index < -0.39 is 0 Å². The molecule has 25 heavy (non-hydrogen) atoms. The molecule has 1 aliphatic rings. The minimum atomic E-state index is 0. The summed E-state index contributed by atoms with van der Waals surface area (Å²) in [4.78, 5) is 4.72. The number of guanidine groups is 1. The van der Waals surface area contributed by atoms with Gasteiger partial charge in [-0.15, -0.1) is 24.0 Å². The van der Waals surface area contributed by atoms with Gasteiger partial charge < -0.3 is 15.2 Å². The first-order chi connectivity index (χ1) is 11.7. The van der Waals surface area contributed by atoms with E-state index in [0.29, 0.717) is 12.0 Å². The number of hydrogen-bond donors (Lipinski definition) is 2. The summed E-state index contributed by atoms with van der Waals surface area (Å²) < 4.78 is 2.06. The van der Waals surface area contributed by atoms with Crippen LogP contribution < -0.4 is 10.6 Å². The van der Waals surface area contributed by atoms with E-state index >= 15 is 0 Å². The van der Waals surface area contributed by atoms with Crippen LogP contribution in [0.2, 0.25) is 0 Å². The lowest BCUT2D eigenvalue weighted by Crippen LogP contribution is -2.40. The molecule has 4 nitrogen and oxygen atoms in total. The van der Waals surface area contributed by atoms with Crippen molar-refractivity contribution >= 4 is 29.9 Å². The molecule has 2 aromatic rings. The first-order valence-corrected chi connectivity index (χ1v) is 8.86. The number of rotatable bonds is 7. The molecule has 1 aromatic carbocycles. The van der Waals surface area contributed by atoms with E-state index in [1.165, 1.54) is 24.0 Å². The minimum absolute atomic E-state index is 0. The summed E-state index contributed by atoms with van der Waals surface area (Å²) in [5, 5.41) is 6.91. The molecule has 1 aromatic heterocycles. The second-order valence-electron chi connectivity index (χ2n) is 6.90. The van der Waals surface area contributed by atoms with E-state index in [2.05, 4.69) is 70.9 Å². The number of aryl methyl sites for hydroxylation is 1. The molecule has 1 aliphatic carbocycles. The highest BCUT2D eigenvalue weighted by Gasteiger charge is 2.42. The fourth-order valence-electron chi connectivity index (χ4n) is 3.06. The van der Waals surface area contributed by atoms with Gasteiger partial charge in [0.25, 0.3) is 0 Å². The number of nitrogens with zero attached hydrogens (tertiary/aromatic N) is 2. The Morgan fingerprint density at radius 3 is 2.48 bits per heavy atom. The van der Waals surface area contributed by atoms with Gasteiger partial charge in [-0.2, -0.15) is 0 Å². The Morgan fingerprint density at radius 2 is 1.88 bits per heavy atom. The predicted molar refractivity (Wildman–Crippen MR) is 115 cm³/mol. The second-order valence-corrected chi connectivity index (χ2v) is 6.90. The first kappa shape index (κ1) is 19.8. The Hall–Kier alpha value is -1.50. The van der Waals surface area contributed by atoms with Gasteiger partial charge >= 0.3 is 0 Å². The third kappa shape index (κ3) is 6.06. The Labute approximate surface area is 168 Å². The number of aromatic nitrogens is 1. The normalized spacial score (nSPS) is 15.4. The van der Waals surface area contributed by atoms with Crippen molar-refractivity contribution in [3.63, 3.8) is 0 Å². The summed E-state index contributed by atoms with van der Waals surface area (Å²) >= 11 is 0. The van der Waals surface area contributed by atoms with Crippen molar-refractivity contribution in [2.45, 2.75) is 32.7 Å². The summed E-state index contributed by atoms with van der Waals surface area (Å²) in [6.45, 7) is 4.69. The van der Waals surface area contributed by atoms with Gasteiger partial charge in [-0.25, -0.2) is 4.99 Å². The number of nitrogens with one attached hydrogen (secondary N) is 2. The molecule has 0 bridgehead atoms. The molecule has 3 rings (SSSR count). The van der Waals surface area contributed by atoms with Gasteiger partial charge in [0.15, 0.2) is 5.96 Å². The Bertz CT molecular complexity index is 674. The Balaban J connectivity index is 0.00000225. The van der Waals surface area contributed by atoms with Gasteiger partial charge in [0, 0.05) is 32.5 Å². The van der Waals surface area contributed by atoms with Crippen molar-refractivity contribution < 1.29 is 0 Å². The summed E-state index contributed by atoms with van der Waals surface area (Å²) in [6, 6.07) is 12.9. The van der Waals surface area contributed by atoms with Crippen LogP contribution >= 0.6 is 24.0 Å². The first-order valence-electron chi connectivity index (χ1n) is 8.86. The largest absolute Gasteiger partial charge is 0.357 e. The smallest absolute Gasteiger partial charge is 0.191 e. The fraction of sp³-hybridized carbons (Fsp3) is 0.450. The lowest BCUT2D eigenvalue weighted by Gasteiger charge is -2.18. The molecule has 1 fully saturated rings. The molecular weight excluding hydrogens is 423 g/mol. The zero-order chi connectivity index (χ0) is 16.8. The van der Waals surface area contributed by atoms with E-state index in [-0.39, 0.29) is 24.0 Å². The summed E-state index contributed by atoms with van der Waals surface area (Å²) in [5.41, 5.74) is 3.08. The Morgan fingerprint density at radius 1 is 1.12 bits per heavy atom. The van der Waals surface area contributed by atoms with Crippen LogP contribution in [0.5, 0.6) is 0 Å². The van der Waals surface area contributed by atoms with Crippen molar-refractivity contribution in [1.29, 1.82) is 0 Å². The number of aliphatic imine (C=N–C) groups is 1. The molecule has 5 heteroatoms. The van der Waals surface area contributed by atoms with Crippen LogP contribution in [-0.2, 0) is 20.0 Å². The van der Waals surface area contributed by atoms with Crippen LogP contribution in [0.25, 0.3) is 0 Å². The van der Waals surface area contributed by atoms with Crippen molar-refractivity contribution in [1.82, 2.24) is 15.2 Å². The third-order valence-electron chi connectivity index (χ3n) is 4.67. The molecule has 0 aliphatic heterocycles. The molecule has 0 saturated heterocycles. The average Bonchev–Trinajstić information content (AvgIpc) is 3.22. The quantitative estimate of drug-likeness (QED) is 0.382. The molecule has 0 amide bonds. The highest BCUT2D eigenvalue weighted by molar-refractivity contribution is 14.0. The van der Waals surface area contributed by atoms with E-state index in [1.54, 1.807) is 0 Å². The van der Waals surface area contributed by atoms with E-state index in [1.807, 2.05) is 7.05 Å². The van der Waals surface area contributed by atoms with Crippen molar-refractivity contribution in [3.05, 3.63) is 59.9 Å². The van der Waals surface area contributed by atoms with Crippen LogP contribution in [-0.4, -0.2) is 23.6 Å². The van der Waals surface area contributed by atoms with Crippen LogP contribution in [0.4, 0.5) is 0 Å². The number of halogens is 1. The summed E-state index contributed by atoms with van der Waals surface area (Å²) in [7, 11) is 2.04. The molecule has 2 N–H and O–H groups in total. The van der Waals surface area contributed by atoms with Gasteiger partial charge in [-0.3, -0.25) is 0 Å². The van der Waals surface area contributed by atoms with Gasteiger partial charge in [-0.05, 0) is 48.8 Å². The molecule has 1 saturated carbocycles. The van der Waals surface area contributed by atoms with Crippen molar-refractivity contribution in [2.75, 3.05) is 13.1 Å². The van der Waals surface area contributed by atoms with Gasteiger partial charge in [0.2, 0.25) is 0 Å². The van der Waals surface area contributed by atoms with Gasteiger partial charge in [0.05, 0.1) is 6.54 Å². The monoisotopic (exact) mass is 452 g/mol. The molecule has 0 radical (unpaired) electrons. The maximum atomic E-state index is 4.72. The summed E-state index contributed by atoms with van der Waals surface area (Å²) in [6.07, 6.45) is 7.92. The molecule has 1 heterocycles. The molecular formula is C20H29IN4. The standard InChI is InChI=1S/C20H28N4.HI/c1-3-21-19(22-14-18-9-12-24(2)15-18)23-16-20(10-11-20)13-17-7-5-4-6-8-17;/h4-9,12,15H,3,10-11,13-14,16H2,1-2H3,(H2,21,22,23);1H. The number of benzene rings is 1. The van der Waals surface area contributed by atoms with Crippen molar-refractivity contribution in [2.24, 2.45) is 17.5 Å². The second kappa shape index (κ2) is 9.27. The topological polar surface area (TPSA) is 41.4 Å². The Kier molecular flexibility index (Phi) is 7.35. The zero-order valence-corrected chi connectivity index (χ0v) is 17.5. The fourth-order valence-corrected chi connectivity index (χ4v) is 3.06. The molecule has 0 atom stereocenters. The van der Waals surface area contributed by atoms with E-state index in [4.69, 9.17) is 4.99 Å². The summed E-state index contributed by atoms with van der Waals surface area (Å²) in [5.74, 6) is 0.917. The van der Waals surface area contributed by atoms with Crippen LogP contribution in [0.1, 0.15) is 30.9 Å². The molecule has 0 spiro atoms. The zero-order valence-electron chi connectivity index (χ0n) is 15.2. The highest BCUT2D eigenvalue weighted by Crippen LogP contribution is 2.47. The van der Waals surface area contributed by atoms with E-state index in [9.17, 15) is 0 Å². The molecule has 136 valence electrons. The maximum absolute atomic E-state index is 4.72. The van der Waals surface area contributed by atoms with Gasteiger partial charge in [-0.1, -0.05) is 30.3 Å². The average molecular weight is 452 g/mol. The third-order valence-corrected chi connectivity index (χ3v) is 4.67. The van der Waals surface area contributed by atoms with Crippen LogP contribution in [0, 0.1) is 5.41 Å². The maximum Gasteiger partial charge on any atom is 0.191 e. The highest BCUT2D eigenvalue weighted by atomic mass is 127. The van der Waals surface area contributed by atoms with Gasteiger partial charge in [0.1, 0.15) is 0 Å². The number of hydrogen-bond acceptors (Lipinski definition) is 1. The van der Waals surface area contributed by atoms with E-state index in [0.717, 1.165) is 25.5 Å². The lowest BCUT2D eigenvalue weighted by molar-refractivity contribution is 0.492. The van der Waals surface area contributed by atoms with Crippen molar-refractivity contribution in [3.8, 4) is 0 Å². The van der Waals surface area contributed by atoms with Crippen LogP contribution in [0.3, 0.4) is 0 Å². The SMILES string of the molecule is CCNC(=NCc1ccn(C)c1)NCC1(Cc2ccccc2)CC1.I. The lowest BCUT2D eigenvalue weighted by atomic mass is 9.96. The van der Waals surface area contributed by atoms with Crippen LogP contribution in [0.15, 0.2) is 53.8 Å².